The van der Waals surface area contributed by atoms with Gasteiger partial charge in [0.15, 0.2) is 0 Å². The molecule has 0 saturated carbocycles. The Morgan fingerprint density at radius 1 is 1.08 bits per heavy atom. The van der Waals surface area contributed by atoms with Gasteiger partial charge in [-0.25, -0.2) is 4.79 Å². The minimum atomic E-state index is -0.524. The third-order valence-electron chi connectivity index (χ3n) is 5.31. The first-order valence-corrected chi connectivity index (χ1v) is 9.01. The molecule has 2 aliphatic heterocycles. The van der Waals surface area contributed by atoms with Crippen molar-refractivity contribution in [3.05, 3.63) is 35.4 Å². The van der Waals surface area contributed by atoms with Gasteiger partial charge in [-0.3, -0.25) is 9.69 Å². The van der Waals surface area contributed by atoms with Gasteiger partial charge < -0.3 is 14.5 Å². The molecule has 1 saturated heterocycles. The second-order valence-corrected chi connectivity index (χ2v) is 6.74. The van der Waals surface area contributed by atoms with Crippen molar-refractivity contribution < 1.29 is 14.3 Å². The van der Waals surface area contributed by atoms with E-state index in [9.17, 15) is 9.59 Å². The predicted octanol–water partition coefficient (Wildman–Crippen LogP) is 0.750. The fraction of sp³-hybridized carbons (Fsp3) is 0.579. The molecule has 6 heteroatoms. The number of carbonyl (C=O) groups excluding carboxylic acids is 2. The number of piperazine rings is 1. The summed E-state index contributed by atoms with van der Waals surface area (Å²) in [6, 6.07) is 7.48. The molecule has 0 bridgehead atoms. The lowest BCUT2D eigenvalue weighted by Crippen LogP contribution is -2.54. The van der Waals surface area contributed by atoms with Crippen molar-refractivity contribution in [2.45, 2.75) is 25.9 Å². The summed E-state index contributed by atoms with van der Waals surface area (Å²) in [5.41, 5.74) is 2.24. The molecule has 6 nitrogen and oxygen atoms in total. The van der Waals surface area contributed by atoms with E-state index in [1.165, 1.54) is 7.11 Å². The van der Waals surface area contributed by atoms with E-state index >= 15 is 0 Å². The molecule has 1 fully saturated rings. The van der Waals surface area contributed by atoms with Crippen LogP contribution in [0, 0.1) is 0 Å². The lowest BCUT2D eigenvalue weighted by molar-refractivity contribution is -0.154. The summed E-state index contributed by atoms with van der Waals surface area (Å²) in [6.45, 7) is 7.83. The lowest BCUT2D eigenvalue weighted by atomic mass is 9.94. The number of rotatable bonds is 4. The number of methoxy groups -OCH3 is 1. The molecule has 136 valence electrons. The second-order valence-electron chi connectivity index (χ2n) is 6.74. The Labute approximate surface area is 149 Å². The topological polar surface area (TPSA) is 53.1 Å². The summed E-state index contributed by atoms with van der Waals surface area (Å²) in [7, 11) is 1.38. The molecule has 0 N–H and O–H groups in total. The van der Waals surface area contributed by atoms with Gasteiger partial charge in [0.25, 0.3) is 0 Å². The van der Waals surface area contributed by atoms with Gasteiger partial charge in [0.1, 0.15) is 6.04 Å². The quantitative estimate of drug-likeness (QED) is 0.754. The molecule has 3 rings (SSSR count). The zero-order valence-electron chi connectivity index (χ0n) is 15.1. The van der Waals surface area contributed by atoms with Crippen LogP contribution in [0.5, 0.6) is 0 Å². The lowest BCUT2D eigenvalue weighted by Gasteiger charge is -2.38. The minimum Gasteiger partial charge on any atom is -0.467 e. The first kappa shape index (κ1) is 17.9. The highest BCUT2D eigenvalue weighted by atomic mass is 16.5. The summed E-state index contributed by atoms with van der Waals surface area (Å²) in [5, 5.41) is 0. The molecule has 0 radical (unpaired) electrons. The number of hydrogen-bond donors (Lipinski definition) is 0. The number of likely N-dealkylation sites (N-methyl/N-ethyl adjacent to an activating group) is 1. The Balaban J connectivity index is 1.70. The average Bonchev–Trinajstić information content (AvgIpc) is 2.66. The van der Waals surface area contributed by atoms with Gasteiger partial charge in [-0.15, -0.1) is 0 Å². The summed E-state index contributed by atoms with van der Waals surface area (Å²) in [6.07, 6.45) is 0.526. The van der Waals surface area contributed by atoms with E-state index in [-0.39, 0.29) is 11.9 Å². The monoisotopic (exact) mass is 345 g/mol. The van der Waals surface area contributed by atoms with E-state index in [0.29, 0.717) is 19.5 Å². The molecule has 1 aromatic carbocycles. The van der Waals surface area contributed by atoms with Crippen molar-refractivity contribution in [2.24, 2.45) is 0 Å². The first-order valence-electron chi connectivity index (χ1n) is 9.01. The normalized spacial score (nSPS) is 21.7. The Morgan fingerprint density at radius 3 is 2.36 bits per heavy atom. The maximum Gasteiger partial charge on any atom is 0.328 e. The van der Waals surface area contributed by atoms with Crippen molar-refractivity contribution in [1.82, 2.24) is 14.7 Å². The van der Waals surface area contributed by atoms with Crippen LogP contribution in [0.2, 0.25) is 0 Å². The molecule has 0 aromatic heterocycles. The molecule has 1 amide bonds. The molecular weight excluding hydrogens is 318 g/mol. The molecule has 0 spiro atoms. The van der Waals surface area contributed by atoms with Crippen LogP contribution in [0.25, 0.3) is 0 Å². The van der Waals surface area contributed by atoms with E-state index < -0.39 is 6.04 Å². The number of ether oxygens (including phenoxy) is 1. The number of benzene rings is 1. The van der Waals surface area contributed by atoms with Crippen LogP contribution in [0.4, 0.5) is 0 Å². The second kappa shape index (κ2) is 7.97. The van der Waals surface area contributed by atoms with E-state index in [0.717, 1.165) is 43.9 Å². The van der Waals surface area contributed by atoms with Crippen LogP contribution in [-0.4, -0.2) is 79.0 Å². The Kier molecular flexibility index (Phi) is 5.71. The Morgan fingerprint density at radius 2 is 1.72 bits per heavy atom. The Bertz CT molecular complexity index is 626. The van der Waals surface area contributed by atoms with E-state index in [1.54, 1.807) is 4.90 Å². The minimum absolute atomic E-state index is 0.00912. The fourth-order valence-electron chi connectivity index (χ4n) is 3.68. The third-order valence-corrected chi connectivity index (χ3v) is 5.31. The van der Waals surface area contributed by atoms with Gasteiger partial charge in [0.05, 0.1) is 13.7 Å². The largest absolute Gasteiger partial charge is 0.467 e. The molecule has 0 unspecified atom stereocenters. The number of esters is 1. The van der Waals surface area contributed by atoms with Crippen LogP contribution < -0.4 is 0 Å². The summed E-state index contributed by atoms with van der Waals surface area (Å²) < 4.78 is 4.95. The predicted molar refractivity (Wildman–Crippen MR) is 95.1 cm³/mol. The Hall–Kier alpha value is -1.92. The van der Waals surface area contributed by atoms with Crippen LogP contribution >= 0.6 is 0 Å². The standard InChI is InChI=1S/C19H27N3O3/c1-3-20-8-10-21(11-9-20)14-18(23)22-13-16-7-5-4-6-15(16)12-17(22)19(24)25-2/h4-7,17H,3,8-14H2,1-2H3/t17-/m0/s1. The van der Waals surface area contributed by atoms with Gasteiger partial charge in [-0.05, 0) is 17.7 Å². The summed E-state index contributed by atoms with van der Waals surface area (Å²) >= 11 is 0. The number of carbonyl (C=O) groups is 2. The average molecular weight is 345 g/mol. The van der Waals surface area contributed by atoms with Crippen molar-refractivity contribution in [3.63, 3.8) is 0 Å². The molecule has 25 heavy (non-hydrogen) atoms. The van der Waals surface area contributed by atoms with E-state index in [4.69, 9.17) is 4.74 Å². The van der Waals surface area contributed by atoms with Crippen LogP contribution in [-0.2, 0) is 27.3 Å². The number of hydrogen-bond acceptors (Lipinski definition) is 5. The van der Waals surface area contributed by atoms with Gasteiger partial charge in [-0.2, -0.15) is 0 Å². The zero-order valence-corrected chi connectivity index (χ0v) is 15.1. The van der Waals surface area contributed by atoms with Crippen LogP contribution in [0.3, 0.4) is 0 Å². The first-order chi connectivity index (χ1) is 12.1. The maximum absolute atomic E-state index is 12.9. The molecule has 2 heterocycles. The summed E-state index contributed by atoms with van der Waals surface area (Å²) in [5.74, 6) is -0.325. The highest BCUT2D eigenvalue weighted by molar-refractivity contribution is 5.86. The van der Waals surface area contributed by atoms with E-state index in [1.807, 2.05) is 24.3 Å². The number of nitrogens with zero attached hydrogens (tertiary/aromatic N) is 3. The molecular formula is C19H27N3O3. The third kappa shape index (κ3) is 4.02. The van der Waals surface area contributed by atoms with Crippen LogP contribution in [0.1, 0.15) is 18.1 Å². The summed E-state index contributed by atoms with van der Waals surface area (Å²) in [4.78, 5) is 31.4. The smallest absolute Gasteiger partial charge is 0.328 e. The van der Waals surface area contributed by atoms with E-state index in [2.05, 4.69) is 16.7 Å². The highest BCUT2D eigenvalue weighted by Gasteiger charge is 2.35. The van der Waals surface area contributed by atoms with Crippen molar-refractivity contribution >= 4 is 11.9 Å². The van der Waals surface area contributed by atoms with Gasteiger partial charge >= 0.3 is 5.97 Å². The highest BCUT2D eigenvalue weighted by Crippen LogP contribution is 2.24. The SMILES string of the molecule is CCN1CCN(CC(=O)N2Cc3ccccc3C[C@H]2C(=O)OC)CC1. The maximum atomic E-state index is 12.9. The van der Waals surface area contributed by atoms with Crippen molar-refractivity contribution in [3.8, 4) is 0 Å². The van der Waals surface area contributed by atoms with Gasteiger partial charge in [-0.1, -0.05) is 31.2 Å². The molecule has 0 aliphatic carbocycles. The molecule has 2 aliphatic rings. The van der Waals surface area contributed by atoms with Crippen LogP contribution in [0.15, 0.2) is 24.3 Å². The molecule has 1 aromatic rings. The van der Waals surface area contributed by atoms with Gasteiger partial charge in [0, 0.05) is 39.1 Å². The number of fused-ring (bicyclic) bond motifs is 1. The number of amides is 1. The fourth-order valence-corrected chi connectivity index (χ4v) is 3.68. The van der Waals surface area contributed by atoms with Crippen molar-refractivity contribution in [1.29, 1.82) is 0 Å². The zero-order chi connectivity index (χ0) is 17.8. The van der Waals surface area contributed by atoms with Crippen molar-refractivity contribution in [2.75, 3.05) is 46.4 Å². The molecule has 1 atom stereocenters. The van der Waals surface area contributed by atoms with Gasteiger partial charge in [0.2, 0.25) is 5.91 Å².